The van der Waals surface area contributed by atoms with Gasteiger partial charge in [0.1, 0.15) is 0 Å². The first-order valence-corrected chi connectivity index (χ1v) is 7.45. The van der Waals surface area contributed by atoms with Gasteiger partial charge in [-0.3, -0.25) is 0 Å². The molecule has 20 heavy (non-hydrogen) atoms. The molecule has 0 aliphatic heterocycles. The molecule has 1 aromatic carbocycles. The van der Waals surface area contributed by atoms with Crippen molar-refractivity contribution in [2.24, 2.45) is 5.92 Å². The number of hydrogen-bond donors (Lipinski definition) is 1. The van der Waals surface area contributed by atoms with Crippen molar-refractivity contribution < 1.29 is 13.2 Å². The first kappa shape index (κ1) is 15.5. The molecule has 112 valence electrons. The zero-order valence-corrected chi connectivity index (χ0v) is 12.0. The summed E-state index contributed by atoms with van der Waals surface area (Å²) >= 11 is 5.59. The Morgan fingerprint density at radius 2 is 1.85 bits per heavy atom. The summed E-state index contributed by atoms with van der Waals surface area (Å²) in [5.41, 5.74) is -0.292. The molecule has 0 amide bonds. The predicted octanol–water partition coefficient (Wildman–Crippen LogP) is 5.74. The second kappa shape index (κ2) is 6.70. The fourth-order valence-corrected chi connectivity index (χ4v) is 2.97. The fraction of sp³-hybridized carbons (Fsp3) is 0.600. The third-order valence-corrected chi connectivity index (χ3v) is 4.21. The van der Waals surface area contributed by atoms with E-state index >= 15 is 0 Å². The van der Waals surface area contributed by atoms with E-state index in [4.69, 9.17) is 11.6 Å². The summed E-state index contributed by atoms with van der Waals surface area (Å²) in [4.78, 5) is 0. The van der Waals surface area contributed by atoms with Crippen molar-refractivity contribution in [2.45, 2.75) is 44.7 Å². The van der Waals surface area contributed by atoms with E-state index in [1.54, 1.807) is 6.07 Å². The van der Waals surface area contributed by atoms with Crippen LogP contribution >= 0.6 is 11.6 Å². The number of halogens is 4. The van der Waals surface area contributed by atoms with Gasteiger partial charge >= 0.3 is 6.18 Å². The van der Waals surface area contributed by atoms with Gasteiger partial charge in [0.05, 0.1) is 10.6 Å². The van der Waals surface area contributed by atoms with Gasteiger partial charge < -0.3 is 5.32 Å². The van der Waals surface area contributed by atoms with E-state index in [9.17, 15) is 13.2 Å². The molecular formula is C15H19ClF3N. The summed E-state index contributed by atoms with van der Waals surface area (Å²) in [5, 5.41) is 2.82. The summed E-state index contributed by atoms with van der Waals surface area (Å²) in [5.74, 6) is 0.714. The lowest BCUT2D eigenvalue weighted by atomic mass is 9.87. The lowest BCUT2D eigenvalue weighted by Crippen LogP contribution is -2.13. The molecule has 0 heterocycles. The van der Waals surface area contributed by atoms with Crippen LogP contribution in [0, 0.1) is 5.92 Å². The van der Waals surface area contributed by atoms with Crippen molar-refractivity contribution in [1.82, 2.24) is 0 Å². The number of alkyl halides is 3. The highest BCUT2D eigenvalue weighted by Gasteiger charge is 2.33. The van der Waals surface area contributed by atoms with E-state index in [1.165, 1.54) is 38.2 Å². The van der Waals surface area contributed by atoms with Crippen LogP contribution < -0.4 is 5.32 Å². The minimum atomic E-state index is -4.40. The van der Waals surface area contributed by atoms with Gasteiger partial charge in [-0.1, -0.05) is 43.7 Å². The second-order valence-electron chi connectivity index (χ2n) is 5.41. The van der Waals surface area contributed by atoms with Gasteiger partial charge in [-0.05, 0) is 30.5 Å². The highest BCUT2D eigenvalue weighted by atomic mass is 35.5. The normalized spacial score (nSPS) is 17.2. The maximum atomic E-state index is 12.7. The summed E-state index contributed by atoms with van der Waals surface area (Å²) < 4.78 is 38.2. The average molecular weight is 306 g/mol. The quantitative estimate of drug-likeness (QED) is 0.747. The Bertz CT molecular complexity index is 439. The van der Waals surface area contributed by atoms with Crippen molar-refractivity contribution in [3.63, 3.8) is 0 Å². The molecule has 1 N–H and O–H groups in total. The molecule has 0 aromatic heterocycles. The lowest BCUT2D eigenvalue weighted by molar-refractivity contribution is -0.137. The SMILES string of the molecule is FC(F)(F)c1cc(NCCC2CCCCC2)ccc1Cl. The average Bonchev–Trinajstić information content (AvgIpc) is 2.40. The number of benzene rings is 1. The first-order valence-electron chi connectivity index (χ1n) is 7.07. The zero-order valence-electron chi connectivity index (χ0n) is 11.3. The van der Waals surface area contributed by atoms with Crippen LogP contribution in [0.4, 0.5) is 18.9 Å². The largest absolute Gasteiger partial charge is 0.417 e. The zero-order chi connectivity index (χ0) is 14.6. The molecule has 0 unspecified atom stereocenters. The van der Waals surface area contributed by atoms with Crippen LogP contribution in [-0.4, -0.2) is 6.54 Å². The van der Waals surface area contributed by atoms with Crippen molar-refractivity contribution in [1.29, 1.82) is 0 Å². The van der Waals surface area contributed by atoms with Gasteiger partial charge in [-0.25, -0.2) is 0 Å². The van der Waals surface area contributed by atoms with Gasteiger partial charge in [-0.2, -0.15) is 13.2 Å². The van der Waals surface area contributed by atoms with E-state index in [2.05, 4.69) is 5.32 Å². The van der Waals surface area contributed by atoms with Crippen molar-refractivity contribution >= 4 is 17.3 Å². The Morgan fingerprint density at radius 3 is 2.50 bits per heavy atom. The molecular weight excluding hydrogens is 287 g/mol. The lowest BCUT2D eigenvalue weighted by Gasteiger charge is -2.21. The molecule has 0 bridgehead atoms. The third kappa shape index (κ3) is 4.30. The predicted molar refractivity (Wildman–Crippen MR) is 76.1 cm³/mol. The van der Waals surface area contributed by atoms with Crippen molar-refractivity contribution in [2.75, 3.05) is 11.9 Å². The number of hydrogen-bond acceptors (Lipinski definition) is 1. The van der Waals surface area contributed by atoms with Gasteiger partial charge in [0.25, 0.3) is 0 Å². The standard InChI is InChI=1S/C15H19ClF3N/c16-14-7-6-12(10-13(14)15(17,18)19)20-9-8-11-4-2-1-3-5-11/h6-7,10-11,20H,1-5,8-9H2. The maximum Gasteiger partial charge on any atom is 0.417 e. The highest BCUT2D eigenvalue weighted by molar-refractivity contribution is 6.31. The maximum absolute atomic E-state index is 12.7. The number of rotatable bonds is 4. The van der Waals surface area contributed by atoms with E-state index in [1.807, 2.05) is 0 Å². The van der Waals surface area contributed by atoms with Crippen molar-refractivity contribution in [3.05, 3.63) is 28.8 Å². The van der Waals surface area contributed by atoms with Crippen LogP contribution in [-0.2, 0) is 6.18 Å². The van der Waals surface area contributed by atoms with Gasteiger partial charge in [0.2, 0.25) is 0 Å². The molecule has 0 atom stereocenters. The Hall–Kier alpha value is -0.900. The first-order chi connectivity index (χ1) is 9.47. The topological polar surface area (TPSA) is 12.0 Å². The Kier molecular flexibility index (Phi) is 5.19. The van der Waals surface area contributed by atoms with Gasteiger partial charge in [0, 0.05) is 12.2 Å². The Labute approximate surface area is 122 Å². The fourth-order valence-electron chi connectivity index (χ4n) is 2.75. The van der Waals surface area contributed by atoms with E-state index in [-0.39, 0.29) is 5.02 Å². The molecule has 1 aliphatic rings. The third-order valence-electron chi connectivity index (χ3n) is 3.88. The molecule has 1 aromatic rings. The van der Waals surface area contributed by atoms with E-state index < -0.39 is 11.7 Å². The summed E-state index contributed by atoms with van der Waals surface area (Å²) in [6.07, 6.45) is 2.98. The molecule has 2 rings (SSSR count). The van der Waals surface area contributed by atoms with E-state index in [0.29, 0.717) is 18.2 Å². The number of nitrogens with one attached hydrogen (secondary N) is 1. The smallest absolute Gasteiger partial charge is 0.385 e. The van der Waals surface area contributed by atoms with Crippen LogP contribution in [0.3, 0.4) is 0 Å². The summed E-state index contributed by atoms with van der Waals surface area (Å²) in [6.45, 7) is 0.712. The number of anilines is 1. The summed E-state index contributed by atoms with van der Waals surface area (Å²) in [6, 6.07) is 3.98. The molecule has 5 heteroatoms. The highest BCUT2D eigenvalue weighted by Crippen LogP contribution is 2.36. The molecule has 1 nitrogen and oxygen atoms in total. The van der Waals surface area contributed by atoms with Crippen LogP contribution in [0.1, 0.15) is 44.1 Å². The Morgan fingerprint density at radius 1 is 1.15 bits per heavy atom. The summed E-state index contributed by atoms with van der Waals surface area (Å²) in [7, 11) is 0. The van der Waals surface area contributed by atoms with Gasteiger partial charge in [-0.15, -0.1) is 0 Å². The molecule has 1 fully saturated rings. The molecule has 1 aliphatic carbocycles. The van der Waals surface area contributed by atoms with Crippen LogP contribution in [0.15, 0.2) is 18.2 Å². The van der Waals surface area contributed by atoms with E-state index in [0.717, 1.165) is 12.5 Å². The molecule has 0 spiro atoms. The monoisotopic (exact) mass is 305 g/mol. The minimum Gasteiger partial charge on any atom is -0.385 e. The minimum absolute atomic E-state index is 0.254. The van der Waals surface area contributed by atoms with Gasteiger partial charge in [0.15, 0.2) is 0 Å². The molecule has 0 saturated heterocycles. The Balaban J connectivity index is 1.89. The van der Waals surface area contributed by atoms with Crippen LogP contribution in [0.2, 0.25) is 5.02 Å². The second-order valence-corrected chi connectivity index (χ2v) is 5.82. The van der Waals surface area contributed by atoms with Crippen LogP contribution in [0.25, 0.3) is 0 Å². The molecule has 0 radical (unpaired) electrons. The molecule has 1 saturated carbocycles. The van der Waals surface area contributed by atoms with Crippen molar-refractivity contribution in [3.8, 4) is 0 Å². The van der Waals surface area contributed by atoms with Crippen LogP contribution in [0.5, 0.6) is 0 Å².